The van der Waals surface area contributed by atoms with Gasteiger partial charge in [-0.2, -0.15) is 4.98 Å². The lowest BCUT2D eigenvalue weighted by atomic mass is 9.83. The van der Waals surface area contributed by atoms with Crippen LogP contribution < -0.4 is 5.32 Å². The Hall–Kier alpha value is -0.940. The van der Waals surface area contributed by atoms with Crippen molar-refractivity contribution in [1.82, 2.24) is 15.5 Å². The Kier molecular flexibility index (Phi) is 3.84. The molecule has 1 atom stereocenters. The fourth-order valence-corrected chi connectivity index (χ4v) is 3.36. The maximum atomic E-state index is 6.30. The first kappa shape index (κ1) is 13.1. The molecule has 5 heteroatoms. The second-order valence-corrected chi connectivity index (χ2v) is 5.89. The highest BCUT2D eigenvalue weighted by atomic mass is 16.5. The molecule has 2 heterocycles. The van der Waals surface area contributed by atoms with Gasteiger partial charge in [-0.15, -0.1) is 0 Å². The first-order chi connectivity index (χ1) is 9.26. The average Bonchev–Trinajstić information content (AvgIpc) is 2.99. The number of ether oxygens (including phenoxy) is 1. The second kappa shape index (κ2) is 5.59. The molecule has 0 radical (unpaired) electrons. The third-order valence-electron chi connectivity index (χ3n) is 4.32. The van der Waals surface area contributed by atoms with Gasteiger partial charge in [0.1, 0.15) is 0 Å². The molecule has 0 aromatic carbocycles. The van der Waals surface area contributed by atoms with Crippen LogP contribution in [0.25, 0.3) is 0 Å². The van der Waals surface area contributed by atoms with Crippen LogP contribution in [0, 0.1) is 6.92 Å². The molecule has 19 heavy (non-hydrogen) atoms. The van der Waals surface area contributed by atoms with Gasteiger partial charge in [0.15, 0.2) is 5.82 Å². The van der Waals surface area contributed by atoms with Crippen LogP contribution in [0.1, 0.15) is 56.7 Å². The van der Waals surface area contributed by atoms with Gasteiger partial charge < -0.3 is 14.6 Å². The van der Waals surface area contributed by atoms with E-state index in [-0.39, 0.29) is 5.60 Å². The maximum absolute atomic E-state index is 6.30. The van der Waals surface area contributed by atoms with Crippen molar-refractivity contribution < 1.29 is 9.26 Å². The Morgan fingerprint density at radius 3 is 2.84 bits per heavy atom. The first-order valence-corrected chi connectivity index (χ1v) is 7.44. The zero-order chi connectivity index (χ0) is 13.1. The quantitative estimate of drug-likeness (QED) is 0.905. The van der Waals surface area contributed by atoms with Crippen molar-refractivity contribution in [2.45, 2.75) is 70.1 Å². The van der Waals surface area contributed by atoms with E-state index in [9.17, 15) is 0 Å². The van der Waals surface area contributed by atoms with Crippen LogP contribution in [0.2, 0.25) is 0 Å². The van der Waals surface area contributed by atoms with Gasteiger partial charge in [0.05, 0.1) is 18.2 Å². The van der Waals surface area contributed by atoms with E-state index < -0.39 is 0 Å². The number of nitrogens with one attached hydrogen (secondary N) is 1. The monoisotopic (exact) mass is 265 g/mol. The summed E-state index contributed by atoms with van der Waals surface area (Å²) < 4.78 is 11.4. The van der Waals surface area contributed by atoms with Crippen LogP contribution in [0.3, 0.4) is 0 Å². The summed E-state index contributed by atoms with van der Waals surface area (Å²) in [6, 6.07) is 0. The van der Waals surface area contributed by atoms with E-state index in [0.717, 1.165) is 6.54 Å². The minimum absolute atomic E-state index is 0.214. The Balaban J connectivity index is 1.42. The zero-order valence-corrected chi connectivity index (χ0v) is 11.7. The van der Waals surface area contributed by atoms with Crippen LogP contribution in [0.5, 0.6) is 0 Å². The molecular weight excluding hydrogens is 242 g/mol. The zero-order valence-electron chi connectivity index (χ0n) is 11.7. The lowest BCUT2D eigenvalue weighted by Crippen LogP contribution is -2.34. The highest BCUT2D eigenvalue weighted by molar-refractivity contribution is 4.92. The minimum atomic E-state index is 0.214. The Labute approximate surface area is 114 Å². The summed E-state index contributed by atoms with van der Waals surface area (Å²) >= 11 is 0. The topological polar surface area (TPSA) is 60.2 Å². The van der Waals surface area contributed by atoms with Crippen molar-refractivity contribution in [3.8, 4) is 0 Å². The molecule has 1 aliphatic heterocycles. The highest BCUT2D eigenvalue weighted by Gasteiger charge is 2.40. The largest absolute Gasteiger partial charge is 0.370 e. The standard InChI is InChI=1S/C14H23N3O2/c1-11-16-13(19-17-11)10-15-9-12-5-8-14(18-12)6-3-2-4-7-14/h12,15H,2-10H2,1H3. The summed E-state index contributed by atoms with van der Waals surface area (Å²) in [7, 11) is 0. The Bertz CT molecular complexity index is 413. The van der Waals surface area contributed by atoms with Gasteiger partial charge in [-0.1, -0.05) is 24.4 Å². The fraction of sp³-hybridized carbons (Fsp3) is 0.857. The molecule has 0 amide bonds. The maximum Gasteiger partial charge on any atom is 0.240 e. The van der Waals surface area contributed by atoms with E-state index >= 15 is 0 Å². The lowest BCUT2D eigenvalue weighted by Gasteiger charge is -2.33. The van der Waals surface area contributed by atoms with Gasteiger partial charge in [-0.05, 0) is 32.6 Å². The molecule has 1 saturated heterocycles. The van der Waals surface area contributed by atoms with E-state index in [2.05, 4.69) is 15.5 Å². The van der Waals surface area contributed by atoms with E-state index in [1.807, 2.05) is 6.92 Å². The molecule has 3 rings (SSSR count). The van der Waals surface area contributed by atoms with E-state index in [0.29, 0.717) is 24.4 Å². The summed E-state index contributed by atoms with van der Waals surface area (Å²) in [6.45, 7) is 3.34. The Morgan fingerprint density at radius 2 is 2.11 bits per heavy atom. The van der Waals surface area contributed by atoms with Gasteiger partial charge in [-0.25, -0.2) is 0 Å². The first-order valence-electron chi connectivity index (χ1n) is 7.44. The van der Waals surface area contributed by atoms with E-state index in [4.69, 9.17) is 9.26 Å². The number of rotatable bonds is 4. The molecule has 2 fully saturated rings. The molecule has 106 valence electrons. The van der Waals surface area contributed by atoms with Crippen LogP contribution in [-0.4, -0.2) is 28.4 Å². The van der Waals surface area contributed by atoms with Crippen molar-refractivity contribution >= 4 is 0 Å². The molecule has 1 saturated carbocycles. The minimum Gasteiger partial charge on any atom is -0.370 e. The van der Waals surface area contributed by atoms with Gasteiger partial charge >= 0.3 is 0 Å². The predicted octanol–water partition coefficient (Wildman–Crippen LogP) is 2.35. The van der Waals surface area contributed by atoms with Crippen molar-refractivity contribution in [3.63, 3.8) is 0 Å². The summed E-state index contributed by atoms with van der Waals surface area (Å²) in [4.78, 5) is 4.18. The highest BCUT2D eigenvalue weighted by Crippen LogP contribution is 2.41. The van der Waals surface area contributed by atoms with Crippen LogP contribution >= 0.6 is 0 Å². The summed E-state index contributed by atoms with van der Waals surface area (Å²) in [6.07, 6.45) is 9.32. The summed E-state index contributed by atoms with van der Waals surface area (Å²) in [5.41, 5.74) is 0.214. The van der Waals surface area contributed by atoms with Crippen molar-refractivity contribution in [2.24, 2.45) is 0 Å². The van der Waals surface area contributed by atoms with E-state index in [1.165, 1.54) is 44.9 Å². The number of aromatic nitrogens is 2. The predicted molar refractivity (Wildman–Crippen MR) is 70.7 cm³/mol. The molecule has 2 aliphatic rings. The summed E-state index contributed by atoms with van der Waals surface area (Å²) in [5, 5.41) is 7.14. The van der Waals surface area contributed by atoms with Gasteiger partial charge in [0.25, 0.3) is 0 Å². The van der Waals surface area contributed by atoms with Crippen LogP contribution in [-0.2, 0) is 11.3 Å². The van der Waals surface area contributed by atoms with Gasteiger partial charge in [-0.3, -0.25) is 0 Å². The number of hydrogen-bond donors (Lipinski definition) is 1. The molecular formula is C14H23N3O2. The molecule has 0 bridgehead atoms. The van der Waals surface area contributed by atoms with Crippen molar-refractivity contribution in [1.29, 1.82) is 0 Å². The Morgan fingerprint density at radius 1 is 1.26 bits per heavy atom. The molecule has 1 N–H and O–H groups in total. The summed E-state index contributed by atoms with van der Waals surface area (Å²) in [5.74, 6) is 1.35. The van der Waals surface area contributed by atoms with Gasteiger partial charge in [0, 0.05) is 6.54 Å². The second-order valence-electron chi connectivity index (χ2n) is 5.89. The smallest absolute Gasteiger partial charge is 0.240 e. The number of aryl methyl sites for hydroxylation is 1. The molecule has 1 aliphatic carbocycles. The third kappa shape index (κ3) is 3.15. The van der Waals surface area contributed by atoms with E-state index in [1.54, 1.807) is 0 Å². The third-order valence-corrected chi connectivity index (χ3v) is 4.32. The molecule has 1 aromatic rings. The average molecular weight is 265 g/mol. The van der Waals surface area contributed by atoms with Crippen LogP contribution in [0.15, 0.2) is 4.52 Å². The normalized spacial score (nSPS) is 26.1. The molecule has 1 spiro atoms. The van der Waals surface area contributed by atoms with Crippen molar-refractivity contribution in [2.75, 3.05) is 6.54 Å². The molecule has 5 nitrogen and oxygen atoms in total. The number of nitrogens with zero attached hydrogens (tertiary/aromatic N) is 2. The number of hydrogen-bond acceptors (Lipinski definition) is 5. The fourth-order valence-electron chi connectivity index (χ4n) is 3.36. The molecule has 1 unspecified atom stereocenters. The van der Waals surface area contributed by atoms with Crippen molar-refractivity contribution in [3.05, 3.63) is 11.7 Å². The lowest BCUT2D eigenvalue weighted by molar-refractivity contribution is -0.0625. The van der Waals surface area contributed by atoms with Crippen LogP contribution in [0.4, 0.5) is 0 Å². The molecule has 1 aromatic heterocycles. The van der Waals surface area contributed by atoms with Gasteiger partial charge in [0.2, 0.25) is 5.89 Å². The SMILES string of the molecule is Cc1noc(CNCC2CCC3(CCCCC3)O2)n1.